The molecule has 2 aromatic rings. The van der Waals surface area contributed by atoms with Crippen molar-refractivity contribution in [3.05, 3.63) is 34.7 Å². The molecule has 1 saturated heterocycles. The molecule has 7 heteroatoms. The van der Waals surface area contributed by atoms with Crippen molar-refractivity contribution in [3.63, 3.8) is 0 Å². The number of carbonyl (C=O) groups excluding carboxylic acids is 1. The number of carbonyl (C=O) groups is 1. The predicted molar refractivity (Wildman–Crippen MR) is 97.6 cm³/mol. The fourth-order valence-corrected chi connectivity index (χ4v) is 4.74. The summed E-state index contributed by atoms with van der Waals surface area (Å²) in [6.45, 7) is 3.75. The molecule has 2 aromatic heterocycles. The molecule has 132 valence electrons. The number of likely N-dealkylation sites (tertiary alicyclic amines) is 1. The number of amides is 1. The lowest BCUT2D eigenvalue weighted by Crippen LogP contribution is -2.51. The molecule has 0 N–H and O–H groups in total. The van der Waals surface area contributed by atoms with Crippen molar-refractivity contribution < 1.29 is 4.79 Å². The summed E-state index contributed by atoms with van der Waals surface area (Å²) < 4.78 is 0. The lowest BCUT2D eigenvalue weighted by Gasteiger charge is -2.49. The summed E-state index contributed by atoms with van der Waals surface area (Å²) in [5.74, 6) is 1.19. The fraction of sp³-hybridized carbons (Fsp3) is 0.556. The maximum Gasteiger partial charge on any atom is 0.228 e. The average Bonchev–Trinajstić information content (AvgIpc) is 3.20. The minimum Gasteiger partial charge on any atom is -0.357 e. The molecule has 0 atom stereocenters. The van der Waals surface area contributed by atoms with Crippen molar-refractivity contribution in [2.45, 2.75) is 38.6 Å². The normalized spacial score (nSPS) is 25.2. The van der Waals surface area contributed by atoms with Crippen molar-refractivity contribution in [1.82, 2.24) is 19.9 Å². The Hall–Kier alpha value is -2.02. The summed E-state index contributed by atoms with van der Waals surface area (Å²) in [6, 6.07) is 2.46. The van der Waals surface area contributed by atoms with Gasteiger partial charge in [0.05, 0.1) is 17.1 Å². The van der Waals surface area contributed by atoms with Gasteiger partial charge in [0.2, 0.25) is 5.91 Å². The van der Waals surface area contributed by atoms with E-state index in [4.69, 9.17) is 0 Å². The molecule has 1 saturated carbocycles. The van der Waals surface area contributed by atoms with Crippen LogP contribution in [0.25, 0.3) is 0 Å². The summed E-state index contributed by atoms with van der Waals surface area (Å²) in [7, 11) is 2.10. The second-order valence-corrected chi connectivity index (χ2v) is 8.40. The molecule has 25 heavy (non-hydrogen) atoms. The quantitative estimate of drug-likeness (QED) is 0.840. The Morgan fingerprint density at radius 2 is 2.32 bits per heavy atom. The highest BCUT2D eigenvalue weighted by molar-refractivity contribution is 7.09. The van der Waals surface area contributed by atoms with E-state index >= 15 is 0 Å². The summed E-state index contributed by atoms with van der Waals surface area (Å²) >= 11 is 1.61. The van der Waals surface area contributed by atoms with Crippen LogP contribution in [0.4, 0.5) is 5.82 Å². The zero-order chi connectivity index (χ0) is 17.4. The number of rotatable bonds is 4. The lowest BCUT2D eigenvalue weighted by molar-refractivity contribution is -0.130. The Morgan fingerprint density at radius 3 is 3.00 bits per heavy atom. The average molecular weight is 357 g/mol. The number of hydrogen-bond donors (Lipinski definition) is 0. The lowest BCUT2D eigenvalue weighted by atomic mass is 9.64. The number of nitrogens with zero attached hydrogens (tertiary/aromatic N) is 5. The Labute approximate surface area is 151 Å². The first-order chi connectivity index (χ1) is 12.0. The molecule has 1 amide bonds. The van der Waals surface area contributed by atoms with Crippen LogP contribution in [-0.4, -0.2) is 51.9 Å². The SMILES string of the molecule is Cc1nc(CC(=O)N2CCC3(CC(N(C)c4ccncn4)C3)C2)cs1. The summed E-state index contributed by atoms with van der Waals surface area (Å²) in [5.41, 5.74) is 1.21. The Kier molecular flexibility index (Phi) is 4.19. The first-order valence-electron chi connectivity index (χ1n) is 8.72. The highest BCUT2D eigenvalue weighted by Crippen LogP contribution is 2.50. The first kappa shape index (κ1) is 16.4. The monoisotopic (exact) mass is 357 g/mol. The Morgan fingerprint density at radius 1 is 1.48 bits per heavy atom. The van der Waals surface area contributed by atoms with E-state index in [1.807, 2.05) is 23.3 Å². The molecule has 4 rings (SSSR count). The van der Waals surface area contributed by atoms with Crippen LogP contribution in [0, 0.1) is 12.3 Å². The van der Waals surface area contributed by atoms with Crippen molar-refractivity contribution in [2.75, 3.05) is 25.0 Å². The topological polar surface area (TPSA) is 62.2 Å². The number of aromatic nitrogens is 3. The second kappa shape index (κ2) is 6.37. The van der Waals surface area contributed by atoms with Gasteiger partial charge in [-0.1, -0.05) is 0 Å². The number of anilines is 1. The highest BCUT2D eigenvalue weighted by atomic mass is 32.1. The molecule has 1 aliphatic carbocycles. The van der Waals surface area contributed by atoms with Crippen molar-refractivity contribution in [2.24, 2.45) is 5.41 Å². The van der Waals surface area contributed by atoms with Crippen LogP contribution in [0.5, 0.6) is 0 Å². The van der Waals surface area contributed by atoms with Gasteiger partial charge in [-0.2, -0.15) is 0 Å². The number of hydrogen-bond acceptors (Lipinski definition) is 6. The van der Waals surface area contributed by atoms with E-state index in [1.54, 1.807) is 23.9 Å². The van der Waals surface area contributed by atoms with Gasteiger partial charge in [0.15, 0.2) is 0 Å². The molecule has 3 heterocycles. The van der Waals surface area contributed by atoms with E-state index < -0.39 is 0 Å². The molecule has 2 fully saturated rings. The van der Waals surface area contributed by atoms with Gasteiger partial charge in [0.1, 0.15) is 12.1 Å². The first-order valence-corrected chi connectivity index (χ1v) is 9.60. The third kappa shape index (κ3) is 3.25. The van der Waals surface area contributed by atoms with Crippen LogP contribution < -0.4 is 4.90 Å². The molecule has 0 radical (unpaired) electrons. The zero-order valence-electron chi connectivity index (χ0n) is 14.7. The van der Waals surface area contributed by atoms with Gasteiger partial charge in [0.25, 0.3) is 0 Å². The highest BCUT2D eigenvalue weighted by Gasteiger charge is 2.50. The van der Waals surface area contributed by atoms with Crippen LogP contribution in [-0.2, 0) is 11.2 Å². The van der Waals surface area contributed by atoms with Gasteiger partial charge < -0.3 is 9.80 Å². The predicted octanol–water partition coefficient (Wildman–Crippen LogP) is 2.30. The third-order valence-electron chi connectivity index (χ3n) is 5.60. The molecular weight excluding hydrogens is 334 g/mol. The van der Waals surface area contributed by atoms with Crippen molar-refractivity contribution >= 4 is 23.1 Å². The van der Waals surface area contributed by atoms with E-state index in [0.29, 0.717) is 17.9 Å². The second-order valence-electron chi connectivity index (χ2n) is 7.34. The Balaban J connectivity index is 1.32. The van der Waals surface area contributed by atoms with Crippen LogP contribution in [0.1, 0.15) is 30.0 Å². The van der Waals surface area contributed by atoms with E-state index in [1.165, 1.54) is 0 Å². The molecule has 1 spiro atoms. The minimum atomic E-state index is 0.217. The molecule has 0 aromatic carbocycles. The van der Waals surface area contributed by atoms with Crippen LogP contribution in [0.3, 0.4) is 0 Å². The van der Waals surface area contributed by atoms with E-state index in [0.717, 1.165) is 48.9 Å². The molecule has 0 bridgehead atoms. The van der Waals surface area contributed by atoms with Crippen molar-refractivity contribution in [3.8, 4) is 0 Å². The molecule has 1 aliphatic heterocycles. The smallest absolute Gasteiger partial charge is 0.228 e. The number of aryl methyl sites for hydroxylation is 1. The standard InChI is InChI=1S/C18H23N5OS/c1-13-21-14(10-25-13)7-17(24)23-6-4-18(11-23)8-15(9-18)22(2)16-3-5-19-12-20-16/h3,5,10,12,15H,4,6-9,11H2,1-2H3. The minimum absolute atomic E-state index is 0.217. The van der Waals surface area contributed by atoms with Crippen LogP contribution in [0.15, 0.2) is 24.0 Å². The van der Waals surface area contributed by atoms with E-state index in [9.17, 15) is 4.79 Å². The Bertz CT molecular complexity index is 756. The van der Waals surface area contributed by atoms with Crippen LogP contribution in [0.2, 0.25) is 0 Å². The summed E-state index contributed by atoms with van der Waals surface area (Å²) in [6.07, 6.45) is 7.19. The summed E-state index contributed by atoms with van der Waals surface area (Å²) in [4.78, 5) is 29.6. The largest absolute Gasteiger partial charge is 0.357 e. The van der Waals surface area contributed by atoms with Gasteiger partial charge >= 0.3 is 0 Å². The van der Waals surface area contributed by atoms with E-state index in [2.05, 4.69) is 26.9 Å². The molecular formula is C18H23N5OS. The third-order valence-corrected chi connectivity index (χ3v) is 6.42. The number of thiazole rings is 1. The summed E-state index contributed by atoms with van der Waals surface area (Å²) in [5, 5.41) is 3.02. The van der Waals surface area contributed by atoms with E-state index in [-0.39, 0.29) is 5.91 Å². The van der Waals surface area contributed by atoms with Gasteiger partial charge in [0, 0.05) is 37.8 Å². The van der Waals surface area contributed by atoms with Crippen LogP contribution >= 0.6 is 11.3 Å². The maximum absolute atomic E-state index is 12.6. The van der Waals surface area contributed by atoms with Crippen molar-refractivity contribution in [1.29, 1.82) is 0 Å². The zero-order valence-corrected chi connectivity index (χ0v) is 15.5. The van der Waals surface area contributed by atoms with Gasteiger partial charge in [-0.15, -0.1) is 11.3 Å². The molecule has 6 nitrogen and oxygen atoms in total. The fourth-order valence-electron chi connectivity index (χ4n) is 4.13. The molecule has 0 unspecified atom stereocenters. The molecule has 2 aliphatic rings. The maximum atomic E-state index is 12.6. The van der Waals surface area contributed by atoms with Gasteiger partial charge in [-0.25, -0.2) is 15.0 Å². The van der Waals surface area contributed by atoms with Gasteiger partial charge in [-0.05, 0) is 37.7 Å². The van der Waals surface area contributed by atoms with Gasteiger partial charge in [-0.3, -0.25) is 4.79 Å².